The Hall–Kier alpha value is -2.69. The van der Waals surface area contributed by atoms with Gasteiger partial charge in [-0.3, -0.25) is 9.36 Å². The number of fused-ring (bicyclic) bond motifs is 1. The third-order valence-corrected chi connectivity index (χ3v) is 8.36. The fourth-order valence-corrected chi connectivity index (χ4v) is 6.98. The maximum atomic E-state index is 14.3. The van der Waals surface area contributed by atoms with Gasteiger partial charge in [0, 0.05) is 5.02 Å². The summed E-state index contributed by atoms with van der Waals surface area (Å²) in [4.78, 5) is 41.9. The quantitative estimate of drug-likeness (QED) is 0.227. The SMILES string of the molecule is CCOC(=O)COc1c(Br)cc(/C=c2\sc3n(c2=O)[C@@H](c2ccc(Cl)cc2)C(C(=O)OCC)=C(C(F)(F)F)N=3)cc1I. The largest absolute Gasteiger partial charge is 0.480 e. The molecule has 8 nitrogen and oxygen atoms in total. The lowest BCUT2D eigenvalue weighted by molar-refractivity contribution is -0.145. The van der Waals surface area contributed by atoms with Crippen LogP contribution in [-0.2, 0) is 19.1 Å². The number of benzene rings is 2. The second kappa shape index (κ2) is 13.3. The summed E-state index contributed by atoms with van der Waals surface area (Å²) in [5.74, 6) is -1.40. The summed E-state index contributed by atoms with van der Waals surface area (Å²) < 4.78 is 60.4. The van der Waals surface area contributed by atoms with E-state index in [1.54, 1.807) is 19.1 Å². The molecule has 0 spiro atoms. The second-order valence-corrected chi connectivity index (χ2v) is 12.0. The van der Waals surface area contributed by atoms with Crippen LogP contribution in [-0.4, -0.2) is 42.5 Å². The van der Waals surface area contributed by atoms with Crippen LogP contribution < -0.4 is 19.6 Å². The Kier molecular flexibility index (Phi) is 10.2. The lowest BCUT2D eigenvalue weighted by Crippen LogP contribution is -2.41. The molecule has 0 bridgehead atoms. The number of hydrogen-bond donors (Lipinski definition) is 0. The van der Waals surface area contributed by atoms with Crippen molar-refractivity contribution >= 4 is 79.5 Å². The van der Waals surface area contributed by atoms with Crippen LogP contribution in [0.4, 0.5) is 13.2 Å². The smallest absolute Gasteiger partial charge is 0.434 e. The molecule has 4 rings (SSSR count). The lowest BCUT2D eigenvalue weighted by Gasteiger charge is -2.26. The number of halogens is 6. The average molecular weight is 800 g/mol. The van der Waals surface area contributed by atoms with Crippen molar-refractivity contribution < 1.29 is 37.0 Å². The van der Waals surface area contributed by atoms with E-state index in [0.29, 0.717) is 24.4 Å². The molecule has 1 atom stereocenters. The van der Waals surface area contributed by atoms with Gasteiger partial charge in [0.1, 0.15) is 5.75 Å². The van der Waals surface area contributed by atoms with Crippen molar-refractivity contribution in [1.29, 1.82) is 0 Å². The van der Waals surface area contributed by atoms with Gasteiger partial charge in [-0.25, -0.2) is 14.6 Å². The zero-order valence-corrected chi connectivity index (χ0v) is 27.1. The van der Waals surface area contributed by atoms with Gasteiger partial charge in [-0.15, -0.1) is 0 Å². The van der Waals surface area contributed by atoms with Crippen LogP contribution in [0.5, 0.6) is 5.75 Å². The Morgan fingerprint density at radius 1 is 1.17 bits per heavy atom. The Bertz CT molecular complexity index is 1730. The topological polar surface area (TPSA) is 96.2 Å². The number of hydrogen-bond acceptors (Lipinski definition) is 8. The highest BCUT2D eigenvalue weighted by Crippen LogP contribution is 2.38. The summed E-state index contributed by atoms with van der Waals surface area (Å²) in [6.45, 7) is 2.86. The fraction of sp³-hybridized carbons (Fsp3) is 0.259. The molecule has 1 aromatic heterocycles. The number of ether oxygens (including phenoxy) is 3. The lowest BCUT2D eigenvalue weighted by atomic mass is 9.95. The molecule has 0 unspecified atom stereocenters. The Balaban J connectivity index is 1.89. The van der Waals surface area contributed by atoms with Gasteiger partial charge in [0.25, 0.3) is 5.56 Å². The molecule has 0 N–H and O–H groups in total. The van der Waals surface area contributed by atoms with Gasteiger partial charge in [0.2, 0.25) is 0 Å². The zero-order valence-electron chi connectivity index (χ0n) is 21.8. The minimum absolute atomic E-state index is 0.0715. The number of allylic oxidation sites excluding steroid dienone is 1. The summed E-state index contributed by atoms with van der Waals surface area (Å²) >= 11 is 12.1. The van der Waals surface area contributed by atoms with Crippen LogP contribution >= 0.6 is 61.5 Å². The molecule has 42 heavy (non-hydrogen) atoms. The third kappa shape index (κ3) is 6.92. The highest BCUT2D eigenvalue weighted by atomic mass is 127. The number of aromatic nitrogens is 1. The Labute approximate surface area is 267 Å². The van der Waals surface area contributed by atoms with Crippen molar-refractivity contribution in [2.45, 2.75) is 26.1 Å². The first-order chi connectivity index (χ1) is 19.8. The molecule has 0 saturated carbocycles. The first kappa shape index (κ1) is 32.2. The van der Waals surface area contributed by atoms with Crippen LogP contribution in [0, 0.1) is 3.57 Å². The van der Waals surface area contributed by atoms with Gasteiger partial charge in [0.05, 0.1) is 37.4 Å². The van der Waals surface area contributed by atoms with Crippen molar-refractivity contribution in [3.05, 3.63) is 91.5 Å². The monoisotopic (exact) mass is 798 g/mol. The van der Waals surface area contributed by atoms with Crippen LogP contribution in [0.3, 0.4) is 0 Å². The number of carbonyl (C=O) groups excluding carboxylic acids is 2. The summed E-state index contributed by atoms with van der Waals surface area (Å²) in [6, 6.07) is 7.62. The fourth-order valence-electron chi connectivity index (χ4n) is 4.09. The number of thiazole rings is 1. The molecule has 2 aromatic carbocycles. The van der Waals surface area contributed by atoms with Gasteiger partial charge in [-0.1, -0.05) is 35.1 Å². The van der Waals surface area contributed by atoms with E-state index in [2.05, 4.69) is 20.9 Å². The van der Waals surface area contributed by atoms with Crippen LogP contribution in [0.25, 0.3) is 6.08 Å². The van der Waals surface area contributed by atoms with Crippen LogP contribution in [0.1, 0.15) is 31.0 Å². The van der Waals surface area contributed by atoms with E-state index in [-0.39, 0.29) is 34.7 Å². The number of carbonyl (C=O) groups is 2. The summed E-state index contributed by atoms with van der Waals surface area (Å²) in [5, 5.41) is 0.318. The average Bonchev–Trinajstić information content (AvgIpc) is 3.22. The normalized spacial score (nSPS) is 15.2. The standard InChI is InChI=1S/C27H20BrClF3IN2O6S/c1-3-39-19(36)12-41-22-16(28)9-13(10-17(22)33)11-18-24(37)35-21(14-5-7-15(29)8-6-14)20(25(38)40-4-2)23(27(30,31)32)34-26(35)42-18/h5-11,21H,3-4,12H2,1-2H3/b18-11-/t21-/m0/s1. The molecule has 0 saturated heterocycles. The minimum Gasteiger partial charge on any atom is -0.480 e. The van der Waals surface area contributed by atoms with Crippen molar-refractivity contribution in [1.82, 2.24) is 4.57 Å². The van der Waals surface area contributed by atoms with E-state index in [1.807, 2.05) is 22.6 Å². The van der Waals surface area contributed by atoms with E-state index in [9.17, 15) is 27.6 Å². The van der Waals surface area contributed by atoms with Gasteiger partial charge in [0.15, 0.2) is 17.1 Å². The number of nitrogens with zero attached hydrogens (tertiary/aromatic N) is 2. The van der Waals surface area contributed by atoms with E-state index in [0.717, 1.165) is 15.9 Å². The van der Waals surface area contributed by atoms with Crippen LogP contribution in [0.15, 0.2) is 61.9 Å². The minimum atomic E-state index is -5.01. The van der Waals surface area contributed by atoms with Gasteiger partial charge in [-0.05, 0) is 93.8 Å². The molecular weight excluding hydrogens is 780 g/mol. The molecule has 3 aromatic rings. The van der Waals surface area contributed by atoms with Crippen molar-refractivity contribution in [2.75, 3.05) is 19.8 Å². The zero-order chi connectivity index (χ0) is 30.8. The molecule has 15 heteroatoms. The number of esters is 2. The van der Waals surface area contributed by atoms with E-state index < -0.39 is 41.0 Å². The van der Waals surface area contributed by atoms with Crippen LogP contribution in [0.2, 0.25) is 5.02 Å². The van der Waals surface area contributed by atoms with Gasteiger partial charge >= 0.3 is 18.1 Å². The first-order valence-corrected chi connectivity index (χ1v) is 15.3. The number of alkyl halides is 3. The van der Waals surface area contributed by atoms with E-state index >= 15 is 0 Å². The van der Waals surface area contributed by atoms with Crippen molar-refractivity contribution in [2.24, 2.45) is 4.99 Å². The highest BCUT2D eigenvalue weighted by molar-refractivity contribution is 14.1. The molecule has 0 fully saturated rings. The maximum Gasteiger partial charge on any atom is 0.434 e. The van der Waals surface area contributed by atoms with Gasteiger partial charge in [-0.2, -0.15) is 13.2 Å². The predicted molar refractivity (Wildman–Crippen MR) is 161 cm³/mol. The molecule has 0 radical (unpaired) electrons. The molecule has 0 amide bonds. The molecule has 0 aliphatic carbocycles. The van der Waals surface area contributed by atoms with Gasteiger partial charge < -0.3 is 14.2 Å². The van der Waals surface area contributed by atoms with Crippen molar-refractivity contribution in [3.63, 3.8) is 0 Å². The van der Waals surface area contributed by atoms with E-state index in [1.165, 1.54) is 37.3 Å². The predicted octanol–water partition coefficient (Wildman–Crippen LogP) is 5.30. The first-order valence-electron chi connectivity index (χ1n) is 12.2. The Morgan fingerprint density at radius 3 is 2.43 bits per heavy atom. The molecule has 1 aliphatic heterocycles. The second-order valence-electron chi connectivity index (χ2n) is 8.52. The van der Waals surface area contributed by atoms with E-state index in [4.69, 9.17) is 25.8 Å². The third-order valence-electron chi connectivity index (χ3n) is 5.74. The number of rotatable bonds is 8. The maximum absolute atomic E-state index is 14.3. The molecular formula is C27H20BrClF3IN2O6S. The summed E-state index contributed by atoms with van der Waals surface area (Å²) in [6.07, 6.45) is -3.52. The summed E-state index contributed by atoms with van der Waals surface area (Å²) in [7, 11) is 0. The molecule has 222 valence electrons. The molecule has 2 heterocycles. The Morgan fingerprint density at radius 2 is 1.83 bits per heavy atom. The molecule has 1 aliphatic rings. The summed E-state index contributed by atoms with van der Waals surface area (Å²) in [5.41, 5.74) is -2.16. The highest BCUT2D eigenvalue weighted by Gasteiger charge is 2.45. The van der Waals surface area contributed by atoms with Crippen molar-refractivity contribution in [3.8, 4) is 5.75 Å².